The highest BCUT2D eigenvalue weighted by Gasteiger charge is 2.28. The van der Waals surface area contributed by atoms with Crippen molar-refractivity contribution >= 4 is 10.0 Å². The van der Waals surface area contributed by atoms with Crippen LogP contribution in [-0.2, 0) is 22.1 Å². The average molecular weight is 284 g/mol. The Labute approximate surface area is 111 Å². The number of aromatic nitrogens is 5. The van der Waals surface area contributed by atoms with Gasteiger partial charge in [-0.3, -0.25) is 9.25 Å². The van der Waals surface area contributed by atoms with Crippen molar-refractivity contribution < 1.29 is 8.42 Å². The van der Waals surface area contributed by atoms with Gasteiger partial charge < -0.3 is 0 Å². The van der Waals surface area contributed by atoms with Crippen LogP contribution in [0.2, 0.25) is 0 Å². The largest absolute Gasteiger partial charge is 0.294 e. The second kappa shape index (κ2) is 4.42. The fourth-order valence-electron chi connectivity index (χ4n) is 1.80. The molecule has 0 aliphatic heterocycles. The summed E-state index contributed by atoms with van der Waals surface area (Å²) < 4.78 is 26.3. The molecule has 0 unspecified atom stereocenters. The monoisotopic (exact) mass is 284 g/mol. The van der Waals surface area contributed by atoms with Crippen LogP contribution in [0.4, 0.5) is 0 Å². The van der Waals surface area contributed by atoms with Gasteiger partial charge in [0.2, 0.25) is 0 Å². The summed E-state index contributed by atoms with van der Waals surface area (Å²) in [5.41, 5.74) is -0.506. The number of hydrogen-bond donors (Lipinski definition) is 1. The van der Waals surface area contributed by atoms with E-state index in [-0.39, 0.29) is 5.16 Å². The van der Waals surface area contributed by atoms with E-state index in [1.54, 1.807) is 23.1 Å². The van der Waals surface area contributed by atoms with Gasteiger partial charge in [0, 0.05) is 17.9 Å². The molecule has 19 heavy (non-hydrogen) atoms. The van der Waals surface area contributed by atoms with Crippen molar-refractivity contribution in [1.29, 1.82) is 0 Å². The van der Waals surface area contributed by atoms with Gasteiger partial charge >= 0.3 is 0 Å². The van der Waals surface area contributed by atoms with Crippen molar-refractivity contribution in [3.8, 4) is 0 Å². The Morgan fingerprint density at radius 1 is 1.32 bits per heavy atom. The molecule has 0 aliphatic carbocycles. The summed E-state index contributed by atoms with van der Waals surface area (Å²) in [6, 6.07) is 1.78. The summed E-state index contributed by atoms with van der Waals surface area (Å²) in [6.07, 6.45) is 3.40. The van der Waals surface area contributed by atoms with E-state index in [1.807, 2.05) is 20.8 Å². The predicted molar refractivity (Wildman–Crippen MR) is 67.7 cm³/mol. The van der Waals surface area contributed by atoms with Crippen molar-refractivity contribution in [2.24, 2.45) is 5.14 Å². The van der Waals surface area contributed by atoms with E-state index in [9.17, 15) is 8.42 Å². The minimum absolute atomic E-state index is 0.234. The van der Waals surface area contributed by atoms with Crippen LogP contribution in [-0.4, -0.2) is 33.0 Å². The molecular weight excluding hydrogens is 268 g/mol. The molecule has 8 nitrogen and oxygen atoms in total. The zero-order chi connectivity index (χ0) is 14.3. The molecule has 2 heterocycles. The van der Waals surface area contributed by atoms with E-state index in [0.29, 0.717) is 12.4 Å². The molecule has 0 aliphatic rings. The second-order valence-corrected chi connectivity index (χ2v) is 6.61. The van der Waals surface area contributed by atoms with Gasteiger partial charge in [0.1, 0.15) is 6.54 Å². The van der Waals surface area contributed by atoms with E-state index in [0.717, 1.165) is 0 Å². The molecule has 9 heteroatoms. The molecule has 0 spiro atoms. The molecule has 0 atom stereocenters. The average Bonchev–Trinajstić information content (AvgIpc) is 2.84. The van der Waals surface area contributed by atoms with Gasteiger partial charge in [0.25, 0.3) is 15.2 Å². The van der Waals surface area contributed by atoms with Crippen molar-refractivity contribution in [3.63, 3.8) is 0 Å². The lowest BCUT2D eigenvalue weighted by Crippen LogP contribution is -2.30. The first kappa shape index (κ1) is 13.7. The van der Waals surface area contributed by atoms with Crippen LogP contribution in [0.25, 0.3) is 0 Å². The third kappa shape index (κ3) is 2.82. The van der Waals surface area contributed by atoms with Crippen molar-refractivity contribution in [3.05, 3.63) is 24.3 Å². The van der Waals surface area contributed by atoms with Crippen LogP contribution in [0.1, 0.15) is 26.6 Å². The Hall–Kier alpha value is -1.74. The lowest BCUT2D eigenvalue weighted by atomic mass is 10.1. The Bertz CT molecular complexity index is 665. The maximum Gasteiger partial charge on any atom is 0.273 e. The third-order valence-corrected chi connectivity index (χ3v) is 3.26. The van der Waals surface area contributed by atoms with Crippen LogP contribution in [0.3, 0.4) is 0 Å². The zero-order valence-electron chi connectivity index (χ0n) is 11.0. The smallest absolute Gasteiger partial charge is 0.273 e. The number of hydrogen-bond acceptors (Lipinski definition) is 5. The summed E-state index contributed by atoms with van der Waals surface area (Å²) in [5, 5.41) is 16.6. The molecule has 0 amide bonds. The first-order valence-corrected chi connectivity index (χ1v) is 7.19. The van der Waals surface area contributed by atoms with Crippen molar-refractivity contribution in [2.75, 3.05) is 0 Å². The van der Waals surface area contributed by atoms with E-state index >= 15 is 0 Å². The molecule has 2 N–H and O–H groups in total. The van der Waals surface area contributed by atoms with Gasteiger partial charge in [-0.25, -0.2) is 13.6 Å². The van der Waals surface area contributed by atoms with E-state index in [4.69, 9.17) is 5.14 Å². The molecule has 2 aromatic heterocycles. The number of nitrogens with zero attached hydrogens (tertiary/aromatic N) is 5. The Morgan fingerprint density at radius 3 is 2.47 bits per heavy atom. The quantitative estimate of drug-likeness (QED) is 0.848. The maximum absolute atomic E-state index is 11.5. The second-order valence-electron chi connectivity index (χ2n) is 5.15. The molecule has 0 radical (unpaired) electrons. The fraction of sp³-hybridized carbons (Fsp3) is 0.500. The normalized spacial score (nSPS) is 12.8. The lowest BCUT2D eigenvalue weighted by Gasteiger charge is -2.24. The van der Waals surface area contributed by atoms with Crippen molar-refractivity contribution in [2.45, 2.75) is 38.0 Å². The number of primary sulfonamides is 1. The van der Waals surface area contributed by atoms with E-state index in [2.05, 4.69) is 15.3 Å². The van der Waals surface area contributed by atoms with Crippen LogP contribution < -0.4 is 5.14 Å². The Morgan fingerprint density at radius 2 is 2.00 bits per heavy atom. The first-order chi connectivity index (χ1) is 8.69. The van der Waals surface area contributed by atoms with Crippen LogP contribution in [0.5, 0.6) is 0 Å². The molecule has 0 fully saturated rings. The SMILES string of the molecule is CC(C)(C)n1c(Cn2cccn2)nnc1S(N)(=O)=O. The minimum Gasteiger partial charge on any atom is -0.294 e. The van der Waals surface area contributed by atoms with Gasteiger partial charge in [-0.1, -0.05) is 0 Å². The highest BCUT2D eigenvalue weighted by Crippen LogP contribution is 2.21. The molecule has 0 bridgehead atoms. The van der Waals surface area contributed by atoms with Gasteiger partial charge in [-0.15, -0.1) is 10.2 Å². The maximum atomic E-state index is 11.5. The van der Waals surface area contributed by atoms with Gasteiger partial charge in [0.05, 0.1) is 0 Å². The molecule has 0 saturated heterocycles. The summed E-state index contributed by atoms with van der Waals surface area (Å²) >= 11 is 0. The molecular formula is C10H16N6O2S. The number of nitrogens with two attached hydrogens (primary N) is 1. The van der Waals surface area contributed by atoms with Gasteiger partial charge in [-0.05, 0) is 26.8 Å². The molecule has 0 aromatic carbocycles. The van der Waals surface area contributed by atoms with Crippen molar-refractivity contribution in [1.82, 2.24) is 24.5 Å². The summed E-state index contributed by atoms with van der Waals surface area (Å²) in [7, 11) is -3.92. The molecule has 0 saturated carbocycles. The predicted octanol–water partition coefficient (Wildman–Crippen LogP) is -0.0747. The Kier molecular flexibility index (Phi) is 3.19. The standard InChI is InChI=1S/C10H16N6O2S/c1-10(2,3)16-8(7-15-6-4-5-12-15)13-14-9(16)19(11,17)18/h4-6H,7H2,1-3H3,(H2,11,17,18). The summed E-state index contributed by atoms with van der Waals surface area (Å²) in [4.78, 5) is 0. The fourth-order valence-corrected chi connectivity index (χ4v) is 2.59. The Balaban J connectivity index is 2.54. The van der Waals surface area contributed by atoms with E-state index in [1.165, 1.54) is 4.57 Å². The highest BCUT2D eigenvalue weighted by molar-refractivity contribution is 7.89. The molecule has 104 valence electrons. The van der Waals surface area contributed by atoms with Crippen LogP contribution in [0.15, 0.2) is 23.6 Å². The third-order valence-electron chi connectivity index (χ3n) is 2.49. The topological polar surface area (TPSA) is 109 Å². The number of rotatable bonds is 3. The summed E-state index contributed by atoms with van der Waals surface area (Å²) in [6.45, 7) is 5.90. The van der Waals surface area contributed by atoms with Crippen LogP contribution in [0, 0.1) is 0 Å². The van der Waals surface area contributed by atoms with Gasteiger partial charge in [0.15, 0.2) is 5.82 Å². The number of sulfonamides is 1. The van der Waals surface area contributed by atoms with Crippen LogP contribution >= 0.6 is 0 Å². The minimum atomic E-state index is -3.92. The van der Waals surface area contributed by atoms with E-state index < -0.39 is 15.6 Å². The zero-order valence-corrected chi connectivity index (χ0v) is 11.8. The van der Waals surface area contributed by atoms with Gasteiger partial charge in [-0.2, -0.15) is 5.10 Å². The lowest BCUT2D eigenvalue weighted by molar-refractivity contribution is 0.345. The molecule has 2 aromatic rings. The first-order valence-electron chi connectivity index (χ1n) is 5.64. The summed E-state index contributed by atoms with van der Waals surface area (Å²) in [5.74, 6) is 0.486. The highest BCUT2D eigenvalue weighted by atomic mass is 32.2. The molecule has 2 rings (SSSR count).